The van der Waals surface area contributed by atoms with Crippen molar-refractivity contribution in [3.05, 3.63) is 60.6 Å². The van der Waals surface area contributed by atoms with Crippen LogP contribution in [0.3, 0.4) is 0 Å². The van der Waals surface area contributed by atoms with Crippen molar-refractivity contribution in [3.8, 4) is 0 Å². The number of rotatable bonds is 3. The number of pyridine rings is 1. The molecule has 1 N–H and O–H groups in total. The third kappa shape index (κ3) is 3.21. The summed E-state index contributed by atoms with van der Waals surface area (Å²) in [4.78, 5) is 18.9. The molecule has 2 aromatic rings. The van der Waals surface area contributed by atoms with E-state index >= 15 is 0 Å². The van der Waals surface area contributed by atoms with Crippen LogP contribution in [0.15, 0.2) is 42.6 Å². The molecule has 3 rings (SSSR count). The number of nitrogens with zero attached hydrogens (tertiary/aromatic N) is 2. The lowest BCUT2D eigenvalue weighted by Gasteiger charge is -2.16. The molecule has 0 spiro atoms. The van der Waals surface area contributed by atoms with Gasteiger partial charge in [-0.1, -0.05) is 12.1 Å². The van der Waals surface area contributed by atoms with Gasteiger partial charge in [0, 0.05) is 30.5 Å². The van der Waals surface area contributed by atoms with Crippen LogP contribution >= 0.6 is 0 Å². The molecule has 1 aliphatic heterocycles. The van der Waals surface area contributed by atoms with Crippen molar-refractivity contribution in [1.29, 1.82) is 0 Å². The summed E-state index contributed by atoms with van der Waals surface area (Å²) in [6.45, 7) is 7.73. The highest BCUT2D eigenvalue weighted by Crippen LogP contribution is 2.19. The Morgan fingerprint density at radius 2 is 2.00 bits per heavy atom. The smallest absolute Gasteiger partial charge is 0.255 e. The fourth-order valence-electron chi connectivity index (χ4n) is 2.50. The molecule has 0 bridgehead atoms. The van der Waals surface area contributed by atoms with Gasteiger partial charge in [-0.25, -0.2) is 4.98 Å². The first-order valence-corrected chi connectivity index (χ1v) is 7.10. The van der Waals surface area contributed by atoms with Crippen LogP contribution in [0.2, 0.25) is 0 Å². The van der Waals surface area contributed by atoms with Crippen LogP contribution in [0.25, 0.3) is 0 Å². The molecule has 1 aromatic heterocycles. The van der Waals surface area contributed by atoms with Crippen LogP contribution in [0.4, 0.5) is 11.5 Å². The maximum atomic E-state index is 12.3. The first-order valence-electron chi connectivity index (χ1n) is 7.10. The van der Waals surface area contributed by atoms with Crippen molar-refractivity contribution in [2.75, 3.05) is 23.3 Å². The highest BCUT2D eigenvalue weighted by Gasteiger charge is 2.15. The third-order valence-electron chi connectivity index (χ3n) is 3.58. The Bertz CT molecular complexity index is 648. The number of benzene rings is 1. The molecule has 21 heavy (non-hydrogen) atoms. The van der Waals surface area contributed by atoms with Crippen LogP contribution in [-0.4, -0.2) is 24.0 Å². The average molecular weight is 279 g/mol. The van der Waals surface area contributed by atoms with E-state index < -0.39 is 0 Å². The van der Waals surface area contributed by atoms with Gasteiger partial charge in [0.1, 0.15) is 5.82 Å². The molecule has 2 heterocycles. The van der Waals surface area contributed by atoms with Gasteiger partial charge in [-0.2, -0.15) is 0 Å². The van der Waals surface area contributed by atoms with Crippen molar-refractivity contribution in [2.24, 2.45) is 0 Å². The number of carbonyl (C=O) groups is 1. The summed E-state index contributed by atoms with van der Waals surface area (Å²) < 4.78 is 0. The fraction of sp³-hybridized carbons (Fsp3) is 0.235. The molecule has 0 atom stereocenters. The number of carbonyl (C=O) groups excluding carboxylic acids is 1. The summed E-state index contributed by atoms with van der Waals surface area (Å²) in [5, 5.41) is 2.85. The zero-order chi connectivity index (χ0) is 14.7. The first-order chi connectivity index (χ1) is 10.2. The maximum absolute atomic E-state index is 12.3. The average Bonchev–Trinajstić information content (AvgIpc) is 3.02. The van der Waals surface area contributed by atoms with Gasteiger partial charge >= 0.3 is 0 Å². The second kappa shape index (κ2) is 5.95. The molecule has 1 aliphatic rings. The van der Waals surface area contributed by atoms with Crippen molar-refractivity contribution < 1.29 is 4.79 Å². The van der Waals surface area contributed by atoms with E-state index in [9.17, 15) is 4.79 Å². The van der Waals surface area contributed by atoms with Gasteiger partial charge in [0.25, 0.3) is 5.91 Å². The quantitative estimate of drug-likeness (QED) is 0.939. The Kier molecular flexibility index (Phi) is 3.86. The predicted molar refractivity (Wildman–Crippen MR) is 83.5 cm³/mol. The van der Waals surface area contributed by atoms with Gasteiger partial charge in [0.15, 0.2) is 0 Å². The molecular weight excluding hydrogens is 262 g/mol. The molecule has 0 unspecified atom stereocenters. The number of nitrogens with one attached hydrogen (secondary N) is 1. The molecule has 2 radical (unpaired) electrons. The zero-order valence-corrected chi connectivity index (χ0v) is 11.7. The lowest BCUT2D eigenvalue weighted by Crippen LogP contribution is -2.20. The van der Waals surface area contributed by atoms with E-state index in [-0.39, 0.29) is 5.91 Å². The van der Waals surface area contributed by atoms with Crippen LogP contribution < -0.4 is 10.2 Å². The Balaban J connectivity index is 1.76. The number of aromatic nitrogens is 1. The molecule has 0 aliphatic carbocycles. The predicted octanol–water partition coefficient (Wildman–Crippen LogP) is 2.99. The summed E-state index contributed by atoms with van der Waals surface area (Å²) in [6, 6.07) is 10.7. The maximum Gasteiger partial charge on any atom is 0.255 e. The topological polar surface area (TPSA) is 45.2 Å². The lowest BCUT2D eigenvalue weighted by atomic mass is 10.2. The lowest BCUT2D eigenvalue weighted by molar-refractivity contribution is 0.102. The molecule has 1 fully saturated rings. The highest BCUT2D eigenvalue weighted by atomic mass is 16.1. The SMILES string of the molecule is [CH]c1cccc(NC(=O)c2ccnc(N3CCCC3)c2)c1. The Morgan fingerprint density at radius 1 is 1.19 bits per heavy atom. The van der Waals surface area contributed by atoms with Crippen molar-refractivity contribution in [3.63, 3.8) is 0 Å². The minimum atomic E-state index is -0.150. The molecule has 1 aromatic carbocycles. The van der Waals surface area contributed by atoms with Gasteiger partial charge in [-0.05, 0) is 49.6 Å². The number of amides is 1. The van der Waals surface area contributed by atoms with E-state index in [1.807, 2.05) is 18.2 Å². The van der Waals surface area contributed by atoms with Crippen molar-refractivity contribution in [1.82, 2.24) is 4.98 Å². The molecule has 106 valence electrons. The Labute approximate surface area is 124 Å². The van der Waals surface area contributed by atoms with Gasteiger partial charge in [0.2, 0.25) is 0 Å². The minimum absolute atomic E-state index is 0.150. The molecule has 0 saturated carbocycles. The van der Waals surface area contributed by atoms with Gasteiger partial charge in [0.05, 0.1) is 0 Å². The number of anilines is 2. The van der Waals surface area contributed by atoms with Crippen molar-refractivity contribution >= 4 is 17.4 Å². The zero-order valence-electron chi connectivity index (χ0n) is 11.7. The number of hydrogen-bond donors (Lipinski definition) is 1. The summed E-state index contributed by atoms with van der Waals surface area (Å²) in [7, 11) is 0. The van der Waals surface area contributed by atoms with Crippen LogP contribution in [0.5, 0.6) is 0 Å². The van der Waals surface area contributed by atoms with E-state index in [0.717, 1.165) is 18.9 Å². The first kappa shape index (κ1) is 13.6. The normalized spacial score (nSPS) is 14.2. The number of hydrogen-bond acceptors (Lipinski definition) is 3. The standard InChI is InChI=1S/C17H17N3O/c1-13-5-4-6-15(11-13)19-17(21)14-7-8-18-16(12-14)20-9-2-3-10-20/h1,4-8,11-12H,2-3,9-10H2,(H,19,21). The molecule has 1 amide bonds. The fourth-order valence-corrected chi connectivity index (χ4v) is 2.50. The largest absolute Gasteiger partial charge is 0.357 e. The van der Waals surface area contributed by atoms with E-state index in [4.69, 9.17) is 6.92 Å². The van der Waals surface area contributed by atoms with E-state index in [1.54, 1.807) is 24.4 Å². The summed E-state index contributed by atoms with van der Waals surface area (Å²) in [5.41, 5.74) is 1.93. The van der Waals surface area contributed by atoms with Crippen LogP contribution in [0.1, 0.15) is 28.8 Å². The summed E-state index contributed by atoms with van der Waals surface area (Å²) in [6.07, 6.45) is 4.05. The monoisotopic (exact) mass is 279 g/mol. The van der Waals surface area contributed by atoms with Crippen molar-refractivity contribution in [2.45, 2.75) is 12.8 Å². The van der Waals surface area contributed by atoms with Crippen LogP contribution in [0, 0.1) is 6.92 Å². The van der Waals surface area contributed by atoms with E-state index in [0.29, 0.717) is 16.8 Å². The van der Waals surface area contributed by atoms with Gasteiger partial charge in [-0.3, -0.25) is 4.79 Å². The Hall–Kier alpha value is -2.36. The summed E-state index contributed by atoms with van der Waals surface area (Å²) >= 11 is 0. The molecule has 4 heteroatoms. The van der Waals surface area contributed by atoms with Gasteiger partial charge < -0.3 is 10.2 Å². The highest BCUT2D eigenvalue weighted by molar-refractivity contribution is 6.04. The molecule has 4 nitrogen and oxygen atoms in total. The Morgan fingerprint density at radius 3 is 2.76 bits per heavy atom. The minimum Gasteiger partial charge on any atom is -0.357 e. The third-order valence-corrected chi connectivity index (χ3v) is 3.58. The molecule has 1 saturated heterocycles. The van der Waals surface area contributed by atoms with Crippen LogP contribution in [-0.2, 0) is 0 Å². The van der Waals surface area contributed by atoms with E-state index in [2.05, 4.69) is 15.2 Å². The second-order valence-corrected chi connectivity index (χ2v) is 5.18. The second-order valence-electron chi connectivity index (χ2n) is 5.18. The summed E-state index contributed by atoms with van der Waals surface area (Å²) in [5.74, 6) is 0.719. The van der Waals surface area contributed by atoms with E-state index in [1.165, 1.54) is 12.8 Å². The van der Waals surface area contributed by atoms with Gasteiger partial charge in [-0.15, -0.1) is 0 Å². The molecular formula is C17H17N3O.